The molecule has 6 nitrogen and oxygen atoms in total. The molecule has 0 aromatic heterocycles. The molecule has 1 aromatic rings. The van der Waals surface area contributed by atoms with Gasteiger partial charge in [-0.25, -0.2) is 4.79 Å². The molecule has 1 atom stereocenters. The average molecular weight is 390 g/mol. The summed E-state index contributed by atoms with van der Waals surface area (Å²) >= 11 is 0. The zero-order valence-electron chi connectivity index (χ0n) is 17.5. The van der Waals surface area contributed by atoms with Crippen molar-refractivity contribution in [2.75, 3.05) is 20.2 Å². The first kappa shape index (κ1) is 22.2. The van der Waals surface area contributed by atoms with Gasteiger partial charge in [-0.15, -0.1) is 0 Å². The van der Waals surface area contributed by atoms with Crippen molar-refractivity contribution in [1.29, 1.82) is 0 Å². The molecule has 2 rings (SSSR count). The van der Waals surface area contributed by atoms with E-state index in [-0.39, 0.29) is 11.8 Å². The largest absolute Gasteiger partial charge is 0.453 e. The van der Waals surface area contributed by atoms with Gasteiger partial charge in [-0.3, -0.25) is 9.69 Å². The Bertz CT molecular complexity index is 608. The molecule has 1 aliphatic rings. The van der Waals surface area contributed by atoms with E-state index < -0.39 is 12.1 Å². The van der Waals surface area contributed by atoms with Gasteiger partial charge in [-0.05, 0) is 49.4 Å². The van der Waals surface area contributed by atoms with Crippen molar-refractivity contribution in [3.63, 3.8) is 0 Å². The fraction of sp³-hybridized carbons (Fsp3) is 0.636. The first-order valence-electron chi connectivity index (χ1n) is 10.4. The lowest BCUT2D eigenvalue weighted by molar-refractivity contribution is -0.123. The van der Waals surface area contributed by atoms with Gasteiger partial charge in [0.2, 0.25) is 5.91 Å². The summed E-state index contributed by atoms with van der Waals surface area (Å²) in [5.41, 5.74) is 2.36. The summed E-state index contributed by atoms with van der Waals surface area (Å²) in [4.78, 5) is 26.5. The number of ether oxygens (including phenoxy) is 1. The highest BCUT2D eigenvalue weighted by Gasteiger charge is 2.22. The lowest BCUT2D eigenvalue weighted by Crippen LogP contribution is -2.47. The molecule has 28 heavy (non-hydrogen) atoms. The number of nitrogens with zero attached hydrogens (tertiary/aromatic N) is 1. The van der Waals surface area contributed by atoms with Crippen LogP contribution in [0, 0.1) is 5.92 Å². The smallest absolute Gasteiger partial charge is 0.407 e. The van der Waals surface area contributed by atoms with Gasteiger partial charge in [-0.2, -0.15) is 0 Å². The van der Waals surface area contributed by atoms with Gasteiger partial charge in [0.1, 0.15) is 6.04 Å². The molecule has 0 saturated carbocycles. The van der Waals surface area contributed by atoms with E-state index in [1.165, 1.54) is 51.4 Å². The third-order valence-corrected chi connectivity index (χ3v) is 5.10. The van der Waals surface area contributed by atoms with Crippen LogP contribution in [-0.2, 0) is 22.6 Å². The van der Waals surface area contributed by atoms with Crippen LogP contribution in [0.3, 0.4) is 0 Å². The number of likely N-dealkylation sites (tertiary alicyclic amines) is 1. The molecule has 1 heterocycles. The van der Waals surface area contributed by atoms with Crippen LogP contribution in [0.2, 0.25) is 0 Å². The van der Waals surface area contributed by atoms with Crippen LogP contribution in [0.4, 0.5) is 4.79 Å². The number of amides is 2. The van der Waals surface area contributed by atoms with Crippen LogP contribution in [0.15, 0.2) is 24.3 Å². The Kier molecular flexibility index (Phi) is 9.28. The Morgan fingerprint density at radius 1 is 1.04 bits per heavy atom. The Hall–Kier alpha value is -2.08. The summed E-state index contributed by atoms with van der Waals surface area (Å²) < 4.78 is 4.62. The number of methoxy groups -OCH3 is 1. The topological polar surface area (TPSA) is 70.7 Å². The quantitative estimate of drug-likeness (QED) is 0.714. The van der Waals surface area contributed by atoms with Gasteiger partial charge in [0.05, 0.1) is 7.11 Å². The summed E-state index contributed by atoms with van der Waals surface area (Å²) in [6.45, 7) is 7.83. The molecule has 1 saturated heterocycles. The molecular weight excluding hydrogens is 354 g/mol. The van der Waals surface area contributed by atoms with Crippen LogP contribution >= 0.6 is 0 Å². The van der Waals surface area contributed by atoms with Crippen molar-refractivity contribution in [3.05, 3.63) is 35.4 Å². The van der Waals surface area contributed by atoms with Crippen LogP contribution < -0.4 is 10.6 Å². The minimum Gasteiger partial charge on any atom is -0.453 e. The van der Waals surface area contributed by atoms with Gasteiger partial charge in [0, 0.05) is 13.1 Å². The minimum absolute atomic E-state index is 0.187. The number of benzene rings is 1. The molecule has 6 heteroatoms. The molecule has 1 aromatic carbocycles. The molecule has 0 bridgehead atoms. The van der Waals surface area contributed by atoms with Crippen LogP contribution in [0.5, 0.6) is 0 Å². The summed E-state index contributed by atoms with van der Waals surface area (Å²) in [5.74, 6) is 0.0962. The van der Waals surface area contributed by atoms with E-state index >= 15 is 0 Å². The number of carbonyl (C=O) groups excluding carboxylic acids is 2. The molecule has 1 aliphatic heterocycles. The van der Waals surface area contributed by atoms with Gasteiger partial charge in [0.25, 0.3) is 0 Å². The molecule has 1 fully saturated rings. The van der Waals surface area contributed by atoms with Crippen molar-refractivity contribution in [2.24, 2.45) is 5.92 Å². The van der Waals surface area contributed by atoms with Crippen LogP contribution in [-0.4, -0.2) is 43.1 Å². The highest BCUT2D eigenvalue weighted by Crippen LogP contribution is 2.14. The van der Waals surface area contributed by atoms with Crippen molar-refractivity contribution in [3.8, 4) is 0 Å². The monoisotopic (exact) mass is 389 g/mol. The molecule has 0 unspecified atom stereocenters. The first-order chi connectivity index (χ1) is 13.5. The highest BCUT2D eigenvalue weighted by molar-refractivity contribution is 5.85. The Morgan fingerprint density at radius 3 is 2.21 bits per heavy atom. The summed E-state index contributed by atoms with van der Waals surface area (Å²) in [7, 11) is 1.30. The number of alkyl carbamates (subject to hydrolysis) is 1. The number of hydrogen-bond acceptors (Lipinski definition) is 4. The Labute approximate surface area is 169 Å². The molecular formula is C22H35N3O3. The third-order valence-electron chi connectivity index (χ3n) is 5.10. The van der Waals surface area contributed by atoms with Crippen molar-refractivity contribution < 1.29 is 14.3 Å². The zero-order chi connectivity index (χ0) is 20.4. The highest BCUT2D eigenvalue weighted by atomic mass is 16.5. The Balaban J connectivity index is 1.84. The Morgan fingerprint density at radius 2 is 1.64 bits per heavy atom. The van der Waals surface area contributed by atoms with E-state index in [1.54, 1.807) is 0 Å². The molecule has 2 N–H and O–H groups in total. The van der Waals surface area contributed by atoms with E-state index in [0.717, 1.165) is 12.1 Å². The second kappa shape index (κ2) is 11.7. The summed E-state index contributed by atoms with van der Waals surface area (Å²) in [6.07, 6.45) is 5.26. The SMILES string of the molecule is COC(=O)N[C@@H](CC(C)C)C(=O)NCc1ccc(CN2CCCCCC2)cc1. The van der Waals surface area contributed by atoms with Gasteiger partial charge >= 0.3 is 6.09 Å². The lowest BCUT2D eigenvalue weighted by atomic mass is 10.0. The lowest BCUT2D eigenvalue weighted by Gasteiger charge is -2.20. The van der Waals surface area contributed by atoms with Gasteiger partial charge < -0.3 is 15.4 Å². The second-order valence-electron chi connectivity index (χ2n) is 8.04. The second-order valence-corrected chi connectivity index (χ2v) is 8.04. The van der Waals surface area contributed by atoms with E-state index in [9.17, 15) is 9.59 Å². The van der Waals surface area contributed by atoms with Crippen molar-refractivity contribution >= 4 is 12.0 Å². The number of rotatable bonds is 8. The summed E-state index contributed by atoms with van der Waals surface area (Å²) in [5, 5.41) is 5.54. The van der Waals surface area contributed by atoms with E-state index in [1.807, 2.05) is 13.8 Å². The standard InChI is InChI=1S/C22H35N3O3/c1-17(2)14-20(24-22(27)28-3)21(26)23-15-18-8-10-19(11-9-18)16-25-12-6-4-5-7-13-25/h8-11,17,20H,4-7,12-16H2,1-3H3,(H,23,26)(H,24,27)/t20-/m0/s1. The summed E-state index contributed by atoms with van der Waals surface area (Å²) in [6, 6.07) is 7.84. The predicted molar refractivity (Wildman–Crippen MR) is 111 cm³/mol. The van der Waals surface area contributed by atoms with Crippen LogP contribution in [0.1, 0.15) is 57.1 Å². The zero-order valence-corrected chi connectivity index (χ0v) is 17.5. The van der Waals surface area contributed by atoms with Gasteiger partial charge in [-0.1, -0.05) is 51.0 Å². The fourth-order valence-corrected chi connectivity index (χ4v) is 3.53. The van der Waals surface area contributed by atoms with Crippen LogP contribution in [0.25, 0.3) is 0 Å². The van der Waals surface area contributed by atoms with Crippen molar-refractivity contribution in [1.82, 2.24) is 15.5 Å². The third kappa shape index (κ3) is 7.89. The average Bonchev–Trinajstić information content (AvgIpc) is 2.95. The fourth-order valence-electron chi connectivity index (χ4n) is 3.53. The molecule has 0 radical (unpaired) electrons. The number of nitrogens with one attached hydrogen (secondary N) is 2. The molecule has 156 valence electrons. The maximum absolute atomic E-state index is 12.5. The molecule has 2 amide bonds. The normalized spacial score (nSPS) is 16.3. The van der Waals surface area contributed by atoms with E-state index in [0.29, 0.717) is 13.0 Å². The van der Waals surface area contributed by atoms with E-state index in [2.05, 4.69) is 44.5 Å². The van der Waals surface area contributed by atoms with E-state index in [4.69, 9.17) is 0 Å². The predicted octanol–water partition coefficient (Wildman–Crippen LogP) is 3.45. The number of carbonyl (C=O) groups is 2. The maximum atomic E-state index is 12.5. The minimum atomic E-state index is -0.588. The molecule has 0 aliphatic carbocycles. The van der Waals surface area contributed by atoms with Gasteiger partial charge in [0.15, 0.2) is 0 Å². The molecule has 0 spiro atoms. The van der Waals surface area contributed by atoms with Crippen molar-refractivity contribution in [2.45, 2.75) is 65.1 Å². The number of hydrogen-bond donors (Lipinski definition) is 2. The maximum Gasteiger partial charge on any atom is 0.407 e. The first-order valence-corrected chi connectivity index (χ1v) is 10.4.